The minimum Gasteiger partial charge on any atom is -0.303 e. The number of hydrogen-bond donors (Lipinski definition) is 1. The first-order valence-electron chi connectivity index (χ1n) is 7.54. The lowest BCUT2D eigenvalue weighted by atomic mass is 10.1. The van der Waals surface area contributed by atoms with Crippen LogP contribution in [0.2, 0.25) is 5.02 Å². The van der Waals surface area contributed by atoms with E-state index < -0.39 is 5.25 Å². The van der Waals surface area contributed by atoms with E-state index in [1.165, 1.54) is 11.8 Å². The summed E-state index contributed by atoms with van der Waals surface area (Å²) in [4.78, 5) is 24.3. The molecule has 1 amide bonds. The first kappa shape index (κ1) is 17.4. The molecular formula is C18H14ClN3O2S. The molecule has 1 aliphatic rings. The Kier molecular flexibility index (Phi) is 5.63. The summed E-state index contributed by atoms with van der Waals surface area (Å²) in [5, 5.41) is 11.1. The predicted molar refractivity (Wildman–Crippen MR) is 101 cm³/mol. The summed E-state index contributed by atoms with van der Waals surface area (Å²) < 4.78 is 0. The minimum absolute atomic E-state index is 0.0968. The fourth-order valence-corrected chi connectivity index (χ4v) is 3.25. The summed E-state index contributed by atoms with van der Waals surface area (Å²) in [6, 6.07) is 16.1. The highest BCUT2D eigenvalue weighted by atomic mass is 35.5. The van der Waals surface area contributed by atoms with Crippen molar-refractivity contribution in [1.82, 2.24) is 5.32 Å². The number of thioether (sulfide) groups is 1. The summed E-state index contributed by atoms with van der Waals surface area (Å²) in [7, 11) is 0. The quantitative estimate of drug-likeness (QED) is 0.496. The van der Waals surface area contributed by atoms with E-state index in [1.807, 2.05) is 30.3 Å². The van der Waals surface area contributed by atoms with Crippen LogP contribution in [0, 0.1) is 0 Å². The van der Waals surface area contributed by atoms with Gasteiger partial charge in [-0.15, -0.1) is 5.10 Å². The van der Waals surface area contributed by atoms with Crippen molar-refractivity contribution in [2.45, 2.75) is 11.7 Å². The predicted octanol–water partition coefficient (Wildman–Crippen LogP) is 3.53. The maximum absolute atomic E-state index is 12.3. The highest BCUT2D eigenvalue weighted by Crippen LogP contribution is 2.24. The average Bonchev–Trinajstić information content (AvgIpc) is 2.96. The second kappa shape index (κ2) is 8.09. The molecule has 5 nitrogen and oxygen atoms in total. The number of rotatable bonds is 5. The number of carbonyl (C=O) groups excluding carboxylic acids is 2. The van der Waals surface area contributed by atoms with Crippen LogP contribution in [0.1, 0.15) is 22.3 Å². The Hall–Kier alpha value is -2.44. The number of hydrogen-bond acceptors (Lipinski definition) is 5. The molecule has 0 aromatic heterocycles. The Morgan fingerprint density at radius 1 is 1.16 bits per heavy atom. The largest absolute Gasteiger partial charge is 0.303 e. The zero-order valence-electron chi connectivity index (χ0n) is 13.1. The molecule has 1 atom stereocenters. The number of amidine groups is 1. The van der Waals surface area contributed by atoms with E-state index in [0.717, 1.165) is 5.56 Å². The van der Waals surface area contributed by atoms with E-state index in [9.17, 15) is 9.59 Å². The molecular weight excluding hydrogens is 358 g/mol. The van der Waals surface area contributed by atoms with E-state index in [1.54, 1.807) is 30.5 Å². The molecule has 1 heterocycles. The van der Waals surface area contributed by atoms with E-state index in [2.05, 4.69) is 15.5 Å². The molecule has 2 aromatic carbocycles. The molecule has 0 unspecified atom stereocenters. The standard InChI is InChI=1S/C18H14ClN3O2S/c19-14-8-6-13(7-9-14)15(23)10-16-17(24)21-18(25-16)22-20-11-12-4-2-1-3-5-12/h1-9,11,16H,10H2,(H,21,22,24)/b20-11-/t16-/m1/s1. The van der Waals surface area contributed by atoms with Crippen molar-refractivity contribution in [2.75, 3.05) is 0 Å². The summed E-state index contributed by atoms with van der Waals surface area (Å²) >= 11 is 7.02. The SMILES string of the molecule is O=C(C[C@H]1S/C(=N\N=C/c2ccccc2)NC1=O)c1ccc(Cl)cc1. The second-order valence-corrected chi connectivity index (χ2v) is 6.92. The fourth-order valence-electron chi connectivity index (χ4n) is 2.20. The molecule has 0 saturated carbocycles. The maximum Gasteiger partial charge on any atom is 0.240 e. The normalized spacial score (nSPS) is 18.7. The molecule has 126 valence electrons. The van der Waals surface area contributed by atoms with Crippen LogP contribution in [0.3, 0.4) is 0 Å². The molecule has 1 saturated heterocycles. The van der Waals surface area contributed by atoms with Gasteiger partial charge in [-0.25, -0.2) is 0 Å². The zero-order chi connectivity index (χ0) is 17.6. The van der Waals surface area contributed by atoms with E-state index in [-0.39, 0.29) is 18.1 Å². The van der Waals surface area contributed by atoms with Crippen LogP contribution in [0.4, 0.5) is 0 Å². The van der Waals surface area contributed by atoms with Gasteiger partial charge in [-0.05, 0) is 29.8 Å². The number of benzene rings is 2. The minimum atomic E-state index is -0.506. The van der Waals surface area contributed by atoms with Crippen molar-refractivity contribution < 1.29 is 9.59 Å². The van der Waals surface area contributed by atoms with E-state index >= 15 is 0 Å². The smallest absolute Gasteiger partial charge is 0.240 e. The molecule has 1 fully saturated rings. The number of carbonyl (C=O) groups is 2. The molecule has 3 rings (SSSR count). The summed E-state index contributed by atoms with van der Waals surface area (Å²) in [5.41, 5.74) is 1.45. The number of nitrogens with one attached hydrogen (secondary N) is 1. The summed E-state index contributed by atoms with van der Waals surface area (Å²) in [5.74, 6) is -0.348. The number of halogens is 1. The van der Waals surface area contributed by atoms with Gasteiger partial charge in [0.1, 0.15) is 0 Å². The fraction of sp³-hybridized carbons (Fsp3) is 0.111. The average molecular weight is 372 g/mol. The molecule has 0 aliphatic carbocycles. The van der Waals surface area contributed by atoms with Gasteiger partial charge in [-0.1, -0.05) is 53.7 Å². The van der Waals surface area contributed by atoms with Gasteiger partial charge in [-0.2, -0.15) is 5.10 Å². The third-order valence-electron chi connectivity index (χ3n) is 3.47. The molecule has 1 N–H and O–H groups in total. The van der Waals surface area contributed by atoms with Crippen molar-refractivity contribution >= 4 is 46.4 Å². The number of nitrogens with zero attached hydrogens (tertiary/aromatic N) is 2. The summed E-state index contributed by atoms with van der Waals surface area (Å²) in [6.07, 6.45) is 1.70. The van der Waals surface area contributed by atoms with Gasteiger partial charge in [-0.3, -0.25) is 9.59 Å². The molecule has 0 bridgehead atoms. The zero-order valence-corrected chi connectivity index (χ0v) is 14.6. The van der Waals surface area contributed by atoms with Crippen LogP contribution in [0.25, 0.3) is 0 Å². The van der Waals surface area contributed by atoms with Crippen LogP contribution in [-0.2, 0) is 4.79 Å². The lowest BCUT2D eigenvalue weighted by Gasteiger charge is -2.04. The molecule has 0 radical (unpaired) electrons. The van der Waals surface area contributed by atoms with E-state index in [0.29, 0.717) is 15.8 Å². The van der Waals surface area contributed by atoms with E-state index in [4.69, 9.17) is 11.6 Å². The van der Waals surface area contributed by atoms with Gasteiger partial charge >= 0.3 is 0 Å². The van der Waals surface area contributed by atoms with Crippen LogP contribution >= 0.6 is 23.4 Å². The Morgan fingerprint density at radius 3 is 2.60 bits per heavy atom. The maximum atomic E-state index is 12.3. The second-order valence-electron chi connectivity index (χ2n) is 5.29. The van der Waals surface area contributed by atoms with Crippen molar-refractivity contribution in [3.8, 4) is 0 Å². The third-order valence-corrected chi connectivity index (χ3v) is 4.79. The van der Waals surface area contributed by atoms with Gasteiger partial charge in [0.2, 0.25) is 5.91 Å². The summed E-state index contributed by atoms with van der Waals surface area (Å²) in [6.45, 7) is 0. The van der Waals surface area contributed by atoms with Crippen LogP contribution < -0.4 is 5.32 Å². The monoisotopic (exact) mass is 371 g/mol. The Morgan fingerprint density at radius 2 is 1.88 bits per heavy atom. The topological polar surface area (TPSA) is 70.9 Å². The van der Waals surface area contributed by atoms with Crippen LogP contribution in [-0.4, -0.2) is 28.3 Å². The lowest BCUT2D eigenvalue weighted by Crippen LogP contribution is -2.26. The number of Topliss-reactive ketones (excluding diaryl/α,β-unsaturated/α-hetero) is 1. The van der Waals surface area contributed by atoms with Crippen molar-refractivity contribution in [2.24, 2.45) is 10.2 Å². The molecule has 2 aromatic rings. The molecule has 1 aliphatic heterocycles. The first-order chi connectivity index (χ1) is 12.1. The Bertz CT molecular complexity index is 835. The number of ketones is 1. The molecule has 7 heteroatoms. The first-order valence-corrected chi connectivity index (χ1v) is 8.80. The van der Waals surface area contributed by atoms with Crippen molar-refractivity contribution in [1.29, 1.82) is 0 Å². The van der Waals surface area contributed by atoms with Gasteiger partial charge in [0.15, 0.2) is 11.0 Å². The number of amides is 1. The van der Waals surface area contributed by atoms with Crippen molar-refractivity contribution in [3.63, 3.8) is 0 Å². The third kappa shape index (κ3) is 4.78. The highest BCUT2D eigenvalue weighted by molar-refractivity contribution is 8.15. The highest BCUT2D eigenvalue weighted by Gasteiger charge is 2.32. The van der Waals surface area contributed by atoms with Gasteiger partial charge in [0.05, 0.1) is 11.5 Å². The van der Waals surface area contributed by atoms with Crippen LogP contribution in [0.5, 0.6) is 0 Å². The molecule has 0 spiro atoms. The van der Waals surface area contributed by atoms with Crippen LogP contribution in [0.15, 0.2) is 64.8 Å². The Labute approximate surface area is 154 Å². The van der Waals surface area contributed by atoms with Gasteiger partial charge in [0, 0.05) is 17.0 Å². The lowest BCUT2D eigenvalue weighted by molar-refractivity contribution is -0.118. The van der Waals surface area contributed by atoms with Gasteiger partial charge in [0.25, 0.3) is 0 Å². The van der Waals surface area contributed by atoms with Gasteiger partial charge < -0.3 is 5.32 Å². The molecule has 25 heavy (non-hydrogen) atoms. The van der Waals surface area contributed by atoms with Crippen molar-refractivity contribution in [3.05, 3.63) is 70.7 Å². The Balaban J connectivity index is 1.60.